The van der Waals surface area contributed by atoms with E-state index in [-0.39, 0.29) is 23.2 Å². The molecule has 19 heavy (non-hydrogen) atoms. The van der Waals surface area contributed by atoms with E-state index in [0.29, 0.717) is 11.1 Å². The molecule has 0 radical (unpaired) electrons. The van der Waals surface area contributed by atoms with Gasteiger partial charge in [0.2, 0.25) is 0 Å². The largest absolute Gasteiger partial charge is 0.293 e. The molecule has 0 saturated heterocycles. The molecule has 0 aliphatic rings. The molecule has 0 atom stereocenters. The smallest absolute Gasteiger partial charge is 0.173 e. The Labute approximate surface area is 114 Å². The van der Waals surface area contributed by atoms with Crippen molar-refractivity contribution in [1.82, 2.24) is 0 Å². The minimum absolute atomic E-state index is 0.0631. The first-order chi connectivity index (χ1) is 9.06. The van der Waals surface area contributed by atoms with E-state index in [4.69, 9.17) is 0 Å². The molecule has 0 aliphatic heterocycles. The topological polar surface area (TPSA) is 17.1 Å². The van der Waals surface area contributed by atoms with Crippen LogP contribution in [0.5, 0.6) is 0 Å². The summed E-state index contributed by atoms with van der Waals surface area (Å²) in [5.41, 5.74) is 1.15. The van der Waals surface area contributed by atoms with Gasteiger partial charge < -0.3 is 0 Å². The van der Waals surface area contributed by atoms with Crippen LogP contribution in [0.2, 0.25) is 0 Å². The minimum atomic E-state index is -0.347. The number of carbonyl (C=O) groups excluding carboxylic acids is 1. The van der Waals surface area contributed by atoms with Crippen molar-refractivity contribution in [1.29, 1.82) is 0 Å². The van der Waals surface area contributed by atoms with Gasteiger partial charge in [-0.15, -0.1) is 11.8 Å². The summed E-state index contributed by atoms with van der Waals surface area (Å²) >= 11 is 1.34. The Morgan fingerprint density at radius 1 is 1.05 bits per heavy atom. The van der Waals surface area contributed by atoms with Gasteiger partial charge in [-0.3, -0.25) is 4.79 Å². The van der Waals surface area contributed by atoms with Gasteiger partial charge in [0.05, 0.1) is 5.75 Å². The summed E-state index contributed by atoms with van der Waals surface area (Å²) in [4.78, 5) is 12.8. The number of benzene rings is 2. The number of thioether (sulfide) groups is 1. The van der Waals surface area contributed by atoms with Crippen molar-refractivity contribution in [2.24, 2.45) is 0 Å². The molecule has 0 unspecified atom stereocenters. The van der Waals surface area contributed by atoms with Crippen molar-refractivity contribution in [3.63, 3.8) is 0 Å². The number of hydrogen-bond donors (Lipinski definition) is 0. The molecule has 0 spiro atoms. The first kappa shape index (κ1) is 13.7. The SMILES string of the molecule is Cc1cc(F)ccc1C(=O)CSc1ccc(F)cc1. The standard InChI is InChI=1S/C15H12F2OS/c1-10-8-12(17)4-7-14(10)15(18)9-19-13-5-2-11(16)3-6-13/h2-8H,9H2,1H3. The summed E-state index contributed by atoms with van der Waals surface area (Å²) in [5.74, 6) is -0.463. The summed E-state index contributed by atoms with van der Waals surface area (Å²) in [6.07, 6.45) is 0. The lowest BCUT2D eigenvalue weighted by molar-refractivity contribution is 0.102. The summed E-state index contributed by atoms with van der Waals surface area (Å²) in [5, 5.41) is 0. The molecule has 4 heteroatoms. The van der Waals surface area contributed by atoms with Gasteiger partial charge in [-0.25, -0.2) is 8.78 Å². The molecule has 0 N–H and O–H groups in total. The van der Waals surface area contributed by atoms with Crippen LogP contribution < -0.4 is 0 Å². The van der Waals surface area contributed by atoms with E-state index in [1.54, 1.807) is 19.1 Å². The molecule has 2 aromatic carbocycles. The molecule has 0 heterocycles. The Hall–Kier alpha value is -1.68. The Bertz CT molecular complexity index is 594. The van der Waals surface area contributed by atoms with Crippen molar-refractivity contribution in [3.05, 3.63) is 65.2 Å². The van der Waals surface area contributed by atoms with Crippen LogP contribution in [0.15, 0.2) is 47.4 Å². The normalized spacial score (nSPS) is 10.5. The highest BCUT2D eigenvalue weighted by molar-refractivity contribution is 8.00. The highest BCUT2D eigenvalue weighted by atomic mass is 32.2. The zero-order valence-electron chi connectivity index (χ0n) is 10.3. The quantitative estimate of drug-likeness (QED) is 0.614. The van der Waals surface area contributed by atoms with E-state index in [1.165, 1.54) is 42.1 Å². The summed E-state index contributed by atoms with van der Waals surface area (Å²) in [6.45, 7) is 1.71. The van der Waals surface area contributed by atoms with Crippen LogP contribution in [0, 0.1) is 18.6 Å². The summed E-state index contributed by atoms with van der Waals surface area (Å²) in [7, 11) is 0. The van der Waals surface area contributed by atoms with Crippen LogP contribution in [0.1, 0.15) is 15.9 Å². The van der Waals surface area contributed by atoms with Gasteiger partial charge in [-0.05, 0) is 55.0 Å². The maximum absolute atomic E-state index is 12.9. The Kier molecular flexibility index (Phi) is 4.32. The van der Waals surface area contributed by atoms with E-state index in [1.807, 2.05) is 0 Å². The van der Waals surface area contributed by atoms with E-state index >= 15 is 0 Å². The first-order valence-electron chi connectivity index (χ1n) is 5.74. The number of carbonyl (C=O) groups is 1. The van der Waals surface area contributed by atoms with Crippen molar-refractivity contribution < 1.29 is 13.6 Å². The van der Waals surface area contributed by atoms with Gasteiger partial charge in [0.1, 0.15) is 11.6 Å². The molecule has 0 amide bonds. The third kappa shape index (κ3) is 3.64. The zero-order valence-corrected chi connectivity index (χ0v) is 11.1. The fraction of sp³-hybridized carbons (Fsp3) is 0.133. The van der Waals surface area contributed by atoms with Crippen LogP contribution in [0.3, 0.4) is 0 Å². The molecule has 0 bridgehead atoms. The lowest BCUT2D eigenvalue weighted by Crippen LogP contribution is -2.05. The molecule has 0 aliphatic carbocycles. The van der Waals surface area contributed by atoms with Crippen molar-refractivity contribution in [2.75, 3.05) is 5.75 Å². The predicted molar refractivity (Wildman–Crippen MR) is 72.6 cm³/mol. The van der Waals surface area contributed by atoms with Gasteiger partial charge >= 0.3 is 0 Å². The Balaban J connectivity index is 2.03. The van der Waals surface area contributed by atoms with Gasteiger partial charge in [-0.2, -0.15) is 0 Å². The molecular weight excluding hydrogens is 266 g/mol. The van der Waals surface area contributed by atoms with Gasteiger partial charge in [-0.1, -0.05) is 0 Å². The number of Topliss-reactive ketones (excluding diaryl/α,β-unsaturated/α-hetero) is 1. The zero-order chi connectivity index (χ0) is 13.8. The first-order valence-corrected chi connectivity index (χ1v) is 6.72. The number of halogens is 2. The van der Waals surface area contributed by atoms with Gasteiger partial charge in [0.25, 0.3) is 0 Å². The Morgan fingerprint density at radius 2 is 1.68 bits per heavy atom. The van der Waals surface area contributed by atoms with Crippen LogP contribution in [-0.4, -0.2) is 11.5 Å². The second-order valence-electron chi connectivity index (χ2n) is 4.13. The minimum Gasteiger partial charge on any atom is -0.293 e. The molecule has 0 fully saturated rings. The van der Waals surface area contributed by atoms with Gasteiger partial charge in [0.15, 0.2) is 5.78 Å². The molecular formula is C15H12F2OS. The van der Waals surface area contributed by atoms with Crippen LogP contribution in [0.25, 0.3) is 0 Å². The van der Waals surface area contributed by atoms with Crippen LogP contribution >= 0.6 is 11.8 Å². The fourth-order valence-electron chi connectivity index (χ4n) is 1.70. The molecule has 0 aromatic heterocycles. The lowest BCUT2D eigenvalue weighted by atomic mass is 10.1. The molecule has 0 saturated carbocycles. The highest BCUT2D eigenvalue weighted by Gasteiger charge is 2.10. The van der Waals surface area contributed by atoms with Crippen molar-refractivity contribution in [2.45, 2.75) is 11.8 Å². The average Bonchev–Trinajstić information content (AvgIpc) is 2.37. The molecule has 1 nitrogen and oxygen atoms in total. The molecule has 2 aromatic rings. The molecule has 2 rings (SSSR count). The van der Waals surface area contributed by atoms with E-state index < -0.39 is 0 Å². The Morgan fingerprint density at radius 3 is 2.32 bits per heavy atom. The number of hydrogen-bond acceptors (Lipinski definition) is 2. The fourth-order valence-corrected chi connectivity index (χ4v) is 2.48. The van der Waals surface area contributed by atoms with Crippen molar-refractivity contribution in [3.8, 4) is 0 Å². The van der Waals surface area contributed by atoms with E-state index in [9.17, 15) is 13.6 Å². The van der Waals surface area contributed by atoms with Gasteiger partial charge in [0, 0.05) is 10.5 Å². The second kappa shape index (κ2) is 5.97. The van der Waals surface area contributed by atoms with Crippen LogP contribution in [-0.2, 0) is 0 Å². The third-order valence-electron chi connectivity index (χ3n) is 2.67. The van der Waals surface area contributed by atoms with Crippen LogP contribution in [0.4, 0.5) is 8.78 Å². The summed E-state index contributed by atoms with van der Waals surface area (Å²) < 4.78 is 25.7. The monoisotopic (exact) mass is 278 g/mol. The maximum atomic E-state index is 12.9. The second-order valence-corrected chi connectivity index (χ2v) is 5.17. The van der Waals surface area contributed by atoms with Crippen molar-refractivity contribution >= 4 is 17.5 Å². The maximum Gasteiger partial charge on any atom is 0.173 e. The number of rotatable bonds is 4. The lowest BCUT2D eigenvalue weighted by Gasteiger charge is -2.05. The molecule has 98 valence electrons. The van der Waals surface area contributed by atoms with E-state index in [0.717, 1.165) is 4.90 Å². The highest BCUT2D eigenvalue weighted by Crippen LogP contribution is 2.20. The third-order valence-corrected chi connectivity index (χ3v) is 3.68. The number of aryl methyl sites for hydroxylation is 1. The predicted octanol–water partition coefficient (Wildman–Crippen LogP) is 4.25. The summed E-state index contributed by atoms with van der Waals surface area (Å²) in [6, 6.07) is 10.1. The average molecular weight is 278 g/mol. The number of ketones is 1. The van der Waals surface area contributed by atoms with E-state index in [2.05, 4.69) is 0 Å².